The summed E-state index contributed by atoms with van der Waals surface area (Å²) in [6.07, 6.45) is 10.4. The molecule has 0 aliphatic rings. The molecule has 0 spiro atoms. The number of nitrogens with one attached hydrogen (secondary N) is 1. The van der Waals surface area contributed by atoms with Crippen molar-refractivity contribution in [3.05, 3.63) is 0 Å². The molecule has 4 nitrogen and oxygen atoms in total. The fourth-order valence-electron chi connectivity index (χ4n) is 1.57. The number of carbonyl (C=O) groups is 1. The van der Waals surface area contributed by atoms with Gasteiger partial charge in [-0.2, -0.15) is 5.10 Å². The summed E-state index contributed by atoms with van der Waals surface area (Å²) in [6, 6.07) is 0. The van der Waals surface area contributed by atoms with E-state index < -0.39 is 5.91 Å². The fraction of sp³-hybridized carbons (Fsp3) is 0.846. The van der Waals surface area contributed by atoms with Crippen LogP contribution in [0.1, 0.15) is 65.2 Å². The van der Waals surface area contributed by atoms with Crippen LogP contribution >= 0.6 is 0 Å². The number of primary amides is 1. The summed E-state index contributed by atoms with van der Waals surface area (Å²) in [4.78, 5) is 10.6. The number of carbonyl (C=O) groups excluding carboxylic acids is 1. The molecule has 3 N–H and O–H groups in total. The summed E-state index contributed by atoms with van der Waals surface area (Å²) in [7, 11) is 0. The van der Waals surface area contributed by atoms with E-state index >= 15 is 0 Å². The van der Waals surface area contributed by atoms with Gasteiger partial charge >= 0.3 is 0 Å². The highest BCUT2D eigenvalue weighted by molar-refractivity contribution is 6.37. The molecular weight excluding hydrogens is 214 g/mol. The van der Waals surface area contributed by atoms with E-state index in [4.69, 9.17) is 5.73 Å². The van der Waals surface area contributed by atoms with Crippen LogP contribution in [0, 0.1) is 0 Å². The van der Waals surface area contributed by atoms with Gasteiger partial charge in [0.15, 0.2) is 0 Å². The fourth-order valence-corrected chi connectivity index (χ4v) is 1.57. The van der Waals surface area contributed by atoms with E-state index in [0.717, 1.165) is 13.0 Å². The smallest absolute Gasteiger partial charge is 0.264 e. The lowest BCUT2D eigenvalue weighted by molar-refractivity contribution is -0.112. The average molecular weight is 241 g/mol. The van der Waals surface area contributed by atoms with Gasteiger partial charge in [-0.05, 0) is 13.3 Å². The minimum Gasteiger partial charge on any atom is -0.365 e. The second-order valence-corrected chi connectivity index (χ2v) is 4.44. The van der Waals surface area contributed by atoms with Gasteiger partial charge in [0.2, 0.25) is 0 Å². The highest BCUT2D eigenvalue weighted by Crippen LogP contribution is 2.07. The summed E-state index contributed by atoms with van der Waals surface area (Å²) >= 11 is 0. The van der Waals surface area contributed by atoms with Crippen molar-refractivity contribution in [1.29, 1.82) is 0 Å². The van der Waals surface area contributed by atoms with E-state index in [1.165, 1.54) is 44.9 Å². The maximum atomic E-state index is 10.6. The highest BCUT2D eigenvalue weighted by atomic mass is 16.1. The molecule has 0 aromatic rings. The average Bonchev–Trinajstić information content (AvgIpc) is 2.31. The third kappa shape index (κ3) is 11.2. The number of nitrogens with two attached hydrogens (primary N) is 1. The number of nitrogens with zero attached hydrogens (tertiary/aromatic N) is 1. The van der Waals surface area contributed by atoms with E-state index in [2.05, 4.69) is 17.5 Å². The van der Waals surface area contributed by atoms with Crippen LogP contribution in [0.3, 0.4) is 0 Å². The largest absolute Gasteiger partial charge is 0.365 e. The van der Waals surface area contributed by atoms with E-state index in [9.17, 15) is 4.79 Å². The molecule has 100 valence electrons. The molecule has 0 fully saturated rings. The van der Waals surface area contributed by atoms with Gasteiger partial charge in [0, 0.05) is 6.54 Å². The third-order valence-corrected chi connectivity index (χ3v) is 2.75. The van der Waals surface area contributed by atoms with Crippen molar-refractivity contribution in [3.8, 4) is 0 Å². The molecule has 17 heavy (non-hydrogen) atoms. The normalized spacial score (nSPS) is 11.5. The molecule has 0 saturated carbocycles. The molecule has 0 aromatic heterocycles. The lowest BCUT2D eigenvalue weighted by atomic mass is 10.1. The van der Waals surface area contributed by atoms with E-state index in [-0.39, 0.29) is 0 Å². The first-order valence-electron chi connectivity index (χ1n) is 6.75. The maximum Gasteiger partial charge on any atom is 0.264 e. The zero-order chi connectivity index (χ0) is 12.9. The van der Waals surface area contributed by atoms with Crippen molar-refractivity contribution in [2.24, 2.45) is 10.8 Å². The molecule has 0 radical (unpaired) electrons. The molecule has 0 aliphatic heterocycles. The number of hydrogen-bond donors (Lipinski definition) is 2. The Kier molecular flexibility index (Phi) is 10.7. The van der Waals surface area contributed by atoms with Gasteiger partial charge in [-0.3, -0.25) is 4.79 Å². The van der Waals surface area contributed by atoms with Crippen molar-refractivity contribution in [1.82, 2.24) is 5.43 Å². The minimum atomic E-state index is -0.464. The molecule has 4 heteroatoms. The van der Waals surface area contributed by atoms with Crippen LogP contribution in [0.4, 0.5) is 0 Å². The number of hydrogen-bond acceptors (Lipinski definition) is 3. The van der Waals surface area contributed by atoms with Gasteiger partial charge in [0.1, 0.15) is 5.71 Å². The standard InChI is InChI=1S/C13H27N3O/c1-3-4-5-6-7-8-9-10-11-15-16-12(2)13(14)17/h15H,3-11H2,1-2H3,(H2,14,17)/b16-12+. The van der Waals surface area contributed by atoms with Crippen molar-refractivity contribution < 1.29 is 4.79 Å². The molecule has 0 heterocycles. The van der Waals surface area contributed by atoms with Gasteiger partial charge in [-0.25, -0.2) is 0 Å². The lowest BCUT2D eigenvalue weighted by Crippen LogP contribution is -2.23. The van der Waals surface area contributed by atoms with Gasteiger partial charge in [-0.1, -0.05) is 51.9 Å². The van der Waals surface area contributed by atoms with Crippen molar-refractivity contribution in [2.75, 3.05) is 6.54 Å². The maximum absolute atomic E-state index is 10.6. The second kappa shape index (κ2) is 11.4. The molecule has 0 atom stereocenters. The van der Waals surface area contributed by atoms with E-state index in [1.807, 2.05) is 0 Å². The summed E-state index contributed by atoms with van der Waals surface area (Å²) in [5.41, 5.74) is 8.25. The Labute approximate surface area is 105 Å². The van der Waals surface area contributed by atoms with Crippen LogP contribution in [0.2, 0.25) is 0 Å². The van der Waals surface area contributed by atoms with Crippen LogP contribution < -0.4 is 11.2 Å². The highest BCUT2D eigenvalue weighted by Gasteiger charge is 1.97. The summed E-state index contributed by atoms with van der Waals surface area (Å²) in [5.74, 6) is -0.464. The first kappa shape index (κ1) is 15.9. The van der Waals surface area contributed by atoms with Crippen molar-refractivity contribution in [3.63, 3.8) is 0 Å². The Hall–Kier alpha value is -1.06. The predicted molar refractivity (Wildman–Crippen MR) is 72.9 cm³/mol. The number of hydrazone groups is 1. The monoisotopic (exact) mass is 241 g/mol. The molecule has 1 amide bonds. The van der Waals surface area contributed by atoms with Gasteiger partial charge < -0.3 is 11.2 Å². The number of amides is 1. The topological polar surface area (TPSA) is 67.5 Å². The Morgan fingerprint density at radius 2 is 1.59 bits per heavy atom. The number of unbranched alkanes of at least 4 members (excludes halogenated alkanes) is 7. The van der Waals surface area contributed by atoms with Crippen LogP contribution in [0.15, 0.2) is 5.10 Å². The van der Waals surface area contributed by atoms with E-state index in [0.29, 0.717) is 5.71 Å². The SMILES string of the molecule is CCCCCCCCCCN/N=C(\C)C(N)=O. The Balaban J connectivity index is 3.19. The molecule has 0 unspecified atom stereocenters. The lowest BCUT2D eigenvalue weighted by Gasteiger charge is -2.02. The van der Waals surface area contributed by atoms with Crippen molar-refractivity contribution >= 4 is 11.6 Å². The predicted octanol–water partition coefficient (Wildman–Crippen LogP) is 2.58. The van der Waals surface area contributed by atoms with Crippen LogP contribution in [0.5, 0.6) is 0 Å². The Morgan fingerprint density at radius 1 is 1.06 bits per heavy atom. The van der Waals surface area contributed by atoms with Crippen molar-refractivity contribution in [2.45, 2.75) is 65.2 Å². The van der Waals surface area contributed by atoms with E-state index in [1.54, 1.807) is 6.92 Å². The molecule has 0 saturated heterocycles. The second-order valence-electron chi connectivity index (χ2n) is 4.44. The Bertz CT molecular complexity index is 227. The zero-order valence-corrected chi connectivity index (χ0v) is 11.3. The molecule has 0 rings (SSSR count). The van der Waals surface area contributed by atoms with Crippen LogP contribution in [-0.2, 0) is 4.79 Å². The number of rotatable bonds is 11. The van der Waals surface area contributed by atoms with Gasteiger partial charge in [0.25, 0.3) is 5.91 Å². The molecule has 0 aromatic carbocycles. The first-order chi connectivity index (χ1) is 8.18. The molecule has 0 aliphatic carbocycles. The minimum absolute atomic E-state index is 0.338. The Morgan fingerprint density at radius 3 is 2.12 bits per heavy atom. The summed E-state index contributed by atoms with van der Waals surface area (Å²) in [5, 5.41) is 3.87. The van der Waals surface area contributed by atoms with Crippen LogP contribution in [0.25, 0.3) is 0 Å². The molecule has 0 bridgehead atoms. The zero-order valence-electron chi connectivity index (χ0n) is 11.3. The van der Waals surface area contributed by atoms with Crippen LogP contribution in [-0.4, -0.2) is 18.2 Å². The van der Waals surface area contributed by atoms with Gasteiger partial charge in [-0.15, -0.1) is 0 Å². The quantitative estimate of drug-likeness (QED) is 0.332. The first-order valence-corrected chi connectivity index (χ1v) is 6.75. The third-order valence-electron chi connectivity index (χ3n) is 2.75. The summed E-state index contributed by atoms with van der Waals surface area (Å²) in [6.45, 7) is 4.67. The summed E-state index contributed by atoms with van der Waals surface area (Å²) < 4.78 is 0. The van der Waals surface area contributed by atoms with Gasteiger partial charge in [0.05, 0.1) is 0 Å². The molecular formula is C13H27N3O.